The van der Waals surface area contributed by atoms with Crippen molar-refractivity contribution in [2.75, 3.05) is 5.73 Å². The van der Waals surface area contributed by atoms with Gasteiger partial charge in [-0.3, -0.25) is 10.1 Å². The van der Waals surface area contributed by atoms with E-state index in [1.54, 1.807) is 6.07 Å². The molecule has 2 N–H and O–H groups in total. The minimum absolute atomic E-state index is 0.00709. The second-order valence-corrected chi connectivity index (χ2v) is 5.57. The lowest BCUT2D eigenvalue weighted by Gasteiger charge is -2.05. The topological polar surface area (TPSA) is 69.2 Å². The van der Waals surface area contributed by atoms with Gasteiger partial charge in [-0.1, -0.05) is 27.7 Å². The fourth-order valence-corrected chi connectivity index (χ4v) is 2.48. The summed E-state index contributed by atoms with van der Waals surface area (Å²) in [6, 6.07) is 12.3. The van der Waals surface area contributed by atoms with E-state index in [0.29, 0.717) is 5.69 Å². The molecular formula is C12H9BrN2O2S. The number of nitrogen functional groups attached to an aromatic ring is 1. The van der Waals surface area contributed by atoms with Crippen molar-refractivity contribution in [2.24, 2.45) is 0 Å². The van der Waals surface area contributed by atoms with Gasteiger partial charge in [0.25, 0.3) is 5.69 Å². The van der Waals surface area contributed by atoms with E-state index < -0.39 is 4.92 Å². The molecule has 2 rings (SSSR count). The van der Waals surface area contributed by atoms with E-state index in [0.717, 1.165) is 14.3 Å². The van der Waals surface area contributed by atoms with Crippen LogP contribution in [-0.4, -0.2) is 4.92 Å². The summed E-state index contributed by atoms with van der Waals surface area (Å²) in [6.07, 6.45) is 0. The summed E-state index contributed by atoms with van der Waals surface area (Å²) >= 11 is 4.84. The molecule has 2 aromatic carbocycles. The van der Waals surface area contributed by atoms with Crippen LogP contribution in [0.5, 0.6) is 0 Å². The molecule has 0 aliphatic heterocycles. The molecule has 0 radical (unpaired) electrons. The molecule has 0 aliphatic rings. The number of benzene rings is 2. The largest absolute Gasteiger partial charge is 0.398 e. The van der Waals surface area contributed by atoms with Gasteiger partial charge in [0.05, 0.1) is 10.6 Å². The number of nitro benzene ring substituents is 1. The van der Waals surface area contributed by atoms with Crippen molar-refractivity contribution in [3.63, 3.8) is 0 Å². The van der Waals surface area contributed by atoms with Crippen LogP contribution in [0.3, 0.4) is 0 Å². The Morgan fingerprint density at radius 2 is 1.83 bits per heavy atom. The summed E-state index contributed by atoms with van der Waals surface area (Å²) in [5.41, 5.74) is 6.22. The molecule has 0 unspecified atom stereocenters. The molecule has 4 nitrogen and oxygen atoms in total. The van der Waals surface area contributed by atoms with Crippen LogP contribution in [0.25, 0.3) is 0 Å². The number of nitrogens with two attached hydrogens (primary N) is 1. The monoisotopic (exact) mass is 324 g/mol. The zero-order chi connectivity index (χ0) is 13.1. The zero-order valence-electron chi connectivity index (χ0n) is 9.17. The number of hydrogen-bond acceptors (Lipinski definition) is 4. The molecule has 0 aliphatic carbocycles. The van der Waals surface area contributed by atoms with Crippen molar-refractivity contribution >= 4 is 39.1 Å². The van der Waals surface area contributed by atoms with Gasteiger partial charge in [0.15, 0.2) is 0 Å². The van der Waals surface area contributed by atoms with Crippen LogP contribution >= 0.6 is 27.7 Å². The van der Waals surface area contributed by atoms with Crippen molar-refractivity contribution in [3.8, 4) is 0 Å². The molecule has 0 saturated heterocycles. The lowest BCUT2D eigenvalue weighted by atomic mass is 10.3. The van der Waals surface area contributed by atoms with Gasteiger partial charge in [-0.25, -0.2) is 0 Å². The molecule has 0 spiro atoms. The van der Waals surface area contributed by atoms with E-state index in [9.17, 15) is 10.1 Å². The van der Waals surface area contributed by atoms with Gasteiger partial charge in [0, 0.05) is 26.4 Å². The molecular weight excluding hydrogens is 316 g/mol. The Bertz CT molecular complexity index is 587. The van der Waals surface area contributed by atoms with E-state index in [4.69, 9.17) is 5.73 Å². The van der Waals surface area contributed by atoms with Gasteiger partial charge < -0.3 is 5.73 Å². The lowest BCUT2D eigenvalue weighted by Crippen LogP contribution is -1.93. The standard InChI is InChI=1S/C12H9BrN2O2S/c13-8-1-4-10(5-2-8)18-12-6-3-9(15(16)17)7-11(12)14/h1-7H,14H2. The van der Waals surface area contributed by atoms with Crippen molar-refractivity contribution in [2.45, 2.75) is 9.79 Å². The summed E-state index contributed by atoms with van der Waals surface area (Å²) in [5.74, 6) is 0. The van der Waals surface area contributed by atoms with E-state index in [-0.39, 0.29) is 5.69 Å². The molecule has 92 valence electrons. The van der Waals surface area contributed by atoms with E-state index >= 15 is 0 Å². The Hall–Kier alpha value is -1.53. The molecule has 6 heteroatoms. The predicted octanol–water partition coefficient (Wildman–Crippen LogP) is 4.09. The summed E-state index contributed by atoms with van der Waals surface area (Å²) < 4.78 is 1.00. The normalized spacial score (nSPS) is 10.3. The SMILES string of the molecule is Nc1cc([N+](=O)[O-])ccc1Sc1ccc(Br)cc1. The minimum atomic E-state index is -0.454. The van der Waals surface area contributed by atoms with Crippen molar-refractivity contribution in [1.82, 2.24) is 0 Å². The third kappa shape index (κ3) is 3.02. The second kappa shape index (κ2) is 5.41. The first-order valence-electron chi connectivity index (χ1n) is 5.03. The summed E-state index contributed by atoms with van der Waals surface area (Å²) in [7, 11) is 0. The van der Waals surface area contributed by atoms with Gasteiger partial charge in [0.1, 0.15) is 0 Å². The van der Waals surface area contributed by atoms with Crippen molar-refractivity contribution < 1.29 is 4.92 Å². The fraction of sp³-hybridized carbons (Fsp3) is 0. The van der Waals surface area contributed by atoms with Gasteiger partial charge in [-0.05, 0) is 30.3 Å². The molecule has 0 heterocycles. The Kier molecular flexibility index (Phi) is 3.88. The van der Waals surface area contributed by atoms with E-state index in [2.05, 4.69) is 15.9 Å². The highest BCUT2D eigenvalue weighted by Crippen LogP contribution is 2.34. The highest BCUT2D eigenvalue weighted by molar-refractivity contribution is 9.10. The van der Waals surface area contributed by atoms with Crippen LogP contribution in [0, 0.1) is 10.1 Å². The Morgan fingerprint density at radius 1 is 1.17 bits per heavy atom. The molecule has 0 saturated carbocycles. The average Bonchev–Trinajstić information content (AvgIpc) is 2.34. The van der Waals surface area contributed by atoms with Crippen molar-refractivity contribution in [1.29, 1.82) is 0 Å². The maximum absolute atomic E-state index is 10.6. The summed E-state index contributed by atoms with van der Waals surface area (Å²) in [5, 5.41) is 10.6. The average molecular weight is 325 g/mol. The number of nitro groups is 1. The van der Waals surface area contributed by atoms with Gasteiger partial charge in [-0.15, -0.1) is 0 Å². The first-order valence-corrected chi connectivity index (χ1v) is 6.64. The molecule has 18 heavy (non-hydrogen) atoms. The number of non-ortho nitro benzene ring substituents is 1. The molecule has 2 aromatic rings. The number of rotatable bonds is 3. The maximum Gasteiger partial charge on any atom is 0.271 e. The number of hydrogen-bond donors (Lipinski definition) is 1. The molecule has 0 atom stereocenters. The predicted molar refractivity (Wildman–Crippen MR) is 75.8 cm³/mol. The van der Waals surface area contributed by atoms with Gasteiger partial charge in [-0.2, -0.15) is 0 Å². The van der Waals surface area contributed by atoms with Crippen molar-refractivity contribution in [3.05, 3.63) is 57.1 Å². The first kappa shape index (κ1) is 12.9. The number of nitrogens with zero attached hydrogens (tertiary/aromatic N) is 1. The smallest absolute Gasteiger partial charge is 0.271 e. The fourth-order valence-electron chi connectivity index (χ4n) is 1.37. The van der Waals surface area contributed by atoms with Crippen LogP contribution in [0.4, 0.5) is 11.4 Å². The molecule has 0 bridgehead atoms. The maximum atomic E-state index is 10.6. The van der Waals surface area contributed by atoms with Crippen LogP contribution in [0.2, 0.25) is 0 Å². The summed E-state index contributed by atoms with van der Waals surface area (Å²) in [4.78, 5) is 12.0. The van der Waals surface area contributed by atoms with Crippen LogP contribution in [0.1, 0.15) is 0 Å². The molecule has 0 fully saturated rings. The second-order valence-electron chi connectivity index (χ2n) is 3.54. The number of anilines is 1. The van der Waals surface area contributed by atoms with Crippen LogP contribution in [0.15, 0.2) is 56.7 Å². The van der Waals surface area contributed by atoms with E-state index in [1.165, 1.54) is 23.9 Å². The Morgan fingerprint density at radius 3 is 2.39 bits per heavy atom. The highest BCUT2D eigenvalue weighted by atomic mass is 79.9. The third-order valence-corrected chi connectivity index (χ3v) is 3.87. The third-order valence-electron chi connectivity index (χ3n) is 2.25. The Labute approximate surface area is 116 Å². The Balaban J connectivity index is 2.24. The number of halogens is 1. The molecule has 0 amide bonds. The van der Waals surface area contributed by atoms with Crippen LogP contribution in [-0.2, 0) is 0 Å². The summed E-state index contributed by atoms with van der Waals surface area (Å²) in [6.45, 7) is 0. The minimum Gasteiger partial charge on any atom is -0.398 e. The quantitative estimate of drug-likeness (QED) is 0.524. The lowest BCUT2D eigenvalue weighted by molar-refractivity contribution is -0.384. The van der Waals surface area contributed by atoms with E-state index in [1.807, 2.05) is 24.3 Å². The molecule has 0 aromatic heterocycles. The van der Waals surface area contributed by atoms with Gasteiger partial charge >= 0.3 is 0 Å². The first-order chi connectivity index (χ1) is 8.56. The zero-order valence-corrected chi connectivity index (χ0v) is 11.6. The highest BCUT2D eigenvalue weighted by Gasteiger charge is 2.09. The van der Waals surface area contributed by atoms with Gasteiger partial charge in [0.2, 0.25) is 0 Å². The van der Waals surface area contributed by atoms with Crippen LogP contribution < -0.4 is 5.73 Å².